The smallest absolute Gasteiger partial charge is 0.478 e. The summed E-state index contributed by atoms with van der Waals surface area (Å²) in [4.78, 5) is 14.5. The number of nitrogens with zero attached hydrogens (tertiary/aromatic N) is 1. The van der Waals surface area contributed by atoms with Gasteiger partial charge in [-0.1, -0.05) is 0 Å². The Morgan fingerprint density at radius 2 is 2.24 bits per heavy atom. The molecule has 0 aliphatic rings. The van der Waals surface area contributed by atoms with Gasteiger partial charge in [0.15, 0.2) is 0 Å². The molecule has 0 saturated carbocycles. The first-order chi connectivity index (χ1) is 7.90. The SMILES string of the molecule is O=C(O)c1cccnc1SCCOC(F)(F)F. The maximum Gasteiger partial charge on any atom is 0.522 e. The number of thioether (sulfide) groups is 1. The van der Waals surface area contributed by atoms with Crippen molar-refractivity contribution in [1.29, 1.82) is 0 Å². The van der Waals surface area contributed by atoms with Gasteiger partial charge in [0.1, 0.15) is 5.03 Å². The Bertz CT molecular complexity index is 397. The number of aromatic carboxylic acids is 1. The molecule has 94 valence electrons. The molecule has 4 nitrogen and oxygen atoms in total. The third-order valence-electron chi connectivity index (χ3n) is 1.59. The second-order valence-corrected chi connectivity index (χ2v) is 3.89. The molecule has 0 aliphatic carbocycles. The summed E-state index contributed by atoms with van der Waals surface area (Å²) in [7, 11) is 0. The Kier molecular flexibility index (Phi) is 4.76. The van der Waals surface area contributed by atoms with E-state index in [1.807, 2.05) is 0 Å². The molecule has 8 heteroatoms. The summed E-state index contributed by atoms with van der Waals surface area (Å²) < 4.78 is 38.5. The maximum absolute atomic E-state index is 11.6. The van der Waals surface area contributed by atoms with Crippen LogP contribution in [0.25, 0.3) is 0 Å². The van der Waals surface area contributed by atoms with Gasteiger partial charge in [0, 0.05) is 11.9 Å². The first-order valence-electron chi connectivity index (χ1n) is 4.42. The van der Waals surface area contributed by atoms with Crippen LogP contribution in [0.3, 0.4) is 0 Å². The van der Waals surface area contributed by atoms with Crippen LogP contribution in [0.2, 0.25) is 0 Å². The van der Waals surface area contributed by atoms with E-state index in [1.54, 1.807) is 0 Å². The summed E-state index contributed by atoms with van der Waals surface area (Å²) in [6.45, 7) is -0.552. The summed E-state index contributed by atoms with van der Waals surface area (Å²) in [5.41, 5.74) is -0.0375. The predicted octanol–water partition coefficient (Wildman–Crippen LogP) is 2.41. The number of carbonyl (C=O) groups is 1. The van der Waals surface area contributed by atoms with Crippen molar-refractivity contribution >= 4 is 17.7 Å². The molecule has 1 rings (SSSR count). The zero-order valence-corrected chi connectivity index (χ0v) is 9.22. The van der Waals surface area contributed by atoms with Gasteiger partial charge in [-0.3, -0.25) is 4.74 Å². The van der Waals surface area contributed by atoms with Crippen LogP contribution in [0.4, 0.5) is 13.2 Å². The van der Waals surface area contributed by atoms with E-state index in [1.165, 1.54) is 18.3 Å². The van der Waals surface area contributed by atoms with Crippen molar-refractivity contribution in [3.8, 4) is 0 Å². The van der Waals surface area contributed by atoms with Gasteiger partial charge in [-0.2, -0.15) is 0 Å². The average molecular weight is 267 g/mol. The highest BCUT2D eigenvalue weighted by molar-refractivity contribution is 7.99. The Labute approximate surface area is 98.8 Å². The van der Waals surface area contributed by atoms with Crippen molar-refractivity contribution in [2.45, 2.75) is 11.4 Å². The van der Waals surface area contributed by atoms with Gasteiger partial charge in [-0.25, -0.2) is 9.78 Å². The number of aromatic nitrogens is 1. The van der Waals surface area contributed by atoms with E-state index >= 15 is 0 Å². The molecule has 0 atom stereocenters. The molecule has 0 aromatic carbocycles. The van der Waals surface area contributed by atoms with E-state index in [4.69, 9.17) is 5.11 Å². The topological polar surface area (TPSA) is 59.4 Å². The Balaban J connectivity index is 2.49. The number of carboxylic acid groups (broad SMARTS) is 1. The average Bonchev–Trinajstić information content (AvgIpc) is 2.23. The molecule has 0 aliphatic heterocycles. The molecular formula is C9H8F3NO3S. The summed E-state index contributed by atoms with van der Waals surface area (Å²) in [5, 5.41) is 8.96. The van der Waals surface area contributed by atoms with Gasteiger partial charge in [-0.15, -0.1) is 24.9 Å². The zero-order valence-electron chi connectivity index (χ0n) is 8.40. The summed E-state index contributed by atoms with van der Waals surface area (Å²) in [6.07, 6.45) is -3.29. The van der Waals surface area contributed by atoms with Gasteiger partial charge in [0.2, 0.25) is 0 Å². The lowest BCUT2D eigenvalue weighted by molar-refractivity contribution is -0.322. The van der Waals surface area contributed by atoms with E-state index in [9.17, 15) is 18.0 Å². The van der Waals surface area contributed by atoms with Crippen LogP contribution in [0.15, 0.2) is 23.4 Å². The lowest BCUT2D eigenvalue weighted by atomic mass is 10.3. The highest BCUT2D eigenvalue weighted by Gasteiger charge is 2.28. The van der Waals surface area contributed by atoms with Crippen LogP contribution in [-0.2, 0) is 4.74 Å². The molecule has 0 radical (unpaired) electrons. The van der Waals surface area contributed by atoms with Crippen LogP contribution in [0.1, 0.15) is 10.4 Å². The standard InChI is InChI=1S/C9H8F3NO3S/c10-9(11,12)16-4-5-17-7-6(8(14)15)2-1-3-13-7/h1-3H,4-5H2,(H,14,15). The number of carboxylic acids is 1. The Morgan fingerprint density at radius 3 is 2.82 bits per heavy atom. The molecule has 0 spiro atoms. The first kappa shape index (κ1) is 13.8. The molecule has 1 aromatic rings. The minimum absolute atomic E-state index is 0.0309. The molecule has 1 heterocycles. The number of ether oxygens (including phenoxy) is 1. The molecule has 0 amide bonds. The zero-order chi connectivity index (χ0) is 12.9. The third kappa shape index (κ3) is 5.05. The molecule has 0 unspecified atom stereocenters. The molecular weight excluding hydrogens is 259 g/mol. The van der Waals surface area contributed by atoms with Gasteiger partial charge >= 0.3 is 12.3 Å². The van der Waals surface area contributed by atoms with Gasteiger partial charge < -0.3 is 5.11 Å². The van der Waals surface area contributed by atoms with Crippen molar-refractivity contribution in [2.24, 2.45) is 0 Å². The molecule has 0 fully saturated rings. The van der Waals surface area contributed by atoms with Crippen LogP contribution in [0.5, 0.6) is 0 Å². The van der Waals surface area contributed by atoms with E-state index in [-0.39, 0.29) is 16.3 Å². The number of halogens is 3. The Hall–Kier alpha value is -1.28. The van der Waals surface area contributed by atoms with E-state index in [0.29, 0.717) is 0 Å². The van der Waals surface area contributed by atoms with Crippen LogP contribution in [-0.4, -0.2) is 34.8 Å². The van der Waals surface area contributed by atoms with Gasteiger partial charge in [0.05, 0.1) is 12.2 Å². The number of rotatable bonds is 5. The van der Waals surface area contributed by atoms with E-state index in [2.05, 4.69) is 9.72 Å². The minimum atomic E-state index is -4.67. The summed E-state index contributed by atoms with van der Waals surface area (Å²) in [6, 6.07) is 2.78. The van der Waals surface area contributed by atoms with E-state index in [0.717, 1.165) is 11.8 Å². The lowest BCUT2D eigenvalue weighted by Crippen LogP contribution is -2.15. The van der Waals surface area contributed by atoms with Crippen molar-refractivity contribution in [2.75, 3.05) is 12.4 Å². The molecule has 0 bridgehead atoms. The van der Waals surface area contributed by atoms with Crippen molar-refractivity contribution in [3.63, 3.8) is 0 Å². The van der Waals surface area contributed by atoms with Crippen molar-refractivity contribution < 1.29 is 27.8 Å². The second kappa shape index (κ2) is 5.87. The van der Waals surface area contributed by atoms with Gasteiger partial charge in [-0.05, 0) is 12.1 Å². The van der Waals surface area contributed by atoms with Crippen LogP contribution < -0.4 is 0 Å². The predicted molar refractivity (Wildman–Crippen MR) is 53.9 cm³/mol. The fourth-order valence-electron chi connectivity index (χ4n) is 0.964. The van der Waals surface area contributed by atoms with Crippen LogP contribution in [0, 0.1) is 0 Å². The quantitative estimate of drug-likeness (QED) is 0.655. The monoisotopic (exact) mass is 267 g/mol. The highest BCUT2D eigenvalue weighted by atomic mass is 32.2. The molecule has 1 aromatic heterocycles. The summed E-state index contributed by atoms with van der Waals surface area (Å²) in [5.74, 6) is -1.20. The van der Waals surface area contributed by atoms with Crippen LogP contribution >= 0.6 is 11.8 Å². The number of alkyl halides is 3. The fourth-order valence-corrected chi connectivity index (χ4v) is 1.77. The van der Waals surface area contributed by atoms with Gasteiger partial charge in [0.25, 0.3) is 0 Å². The van der Waals surface area contributed by atoms with Crippen molar-refractivity contribution in [1.82, 2.24) is 4.98 Å². The fraction of sp³-hybridized carbons (Fsp3) is 0.333. The minimum Gasteiger partial charge on any atom is -0.478 e. The number of hydrogen-bond donors (Lipinski definition) is 1. The normalized spacial score (nSPS) is 11.5. The summed E-state index contributed by atoms with van der Waals surface area (Å²) >= 11 is 0.899. The molecule has 17 heavy (non-hydrogen) atoms. The Morgan fingerprint density at radius 1 is 1.53 bits per heavy atom. The lowest BCUT2D eigenvalue weighted by Gasteiger charge is -2.07. The molecule has 0 saturated heterocycles. The number of hydrogen-bond acceptors (Lipinski definition) is 4. The largest absolute Gasteiger partial charge is 0.522 e. The number of pyridine rings is 1. The first-order valence-corrected chi connectivity index (χ1v) is 5.40. The van der Waals surface area contributed by atoms with Crippen molar-refractivity contribution in [3.05, 3.63) is 23.9 Å². The second-order valence-electron chi connectivity index (χ2n) is 2.80. The third-order valence-corrected chi connectivity index (χ3v) is 2.56. The van der Waals surface area contributed by atoms with E-state index < -0.39 is 18.9 Å². The molecule has 1 N–H and O–H groups in total. The maximum atomic E-state index is 11.6. The highest BCUT2D eigenvalue weighted by Crippen LogP contribution is 2.21.